The molecule has 61 heavy (non-hydrogen) atoms. The van der Waals surface area contributed by atoms with E-state index < -0.39 is 73.3 Å². The third kappa shape index (κ3) is 5.73. The molecule has 296 valence electrons. The molecule has 12 nitrogen and oxygen atoms in total. The van der Waals surface area contributed by atoms with Crippen molar-refractivity contribution < 1.29 is 46.0 Å². The molecule has 0 saturated heterocycles. The van der Waals surface area contributed by atoms with Gasteiger partial charge in [-0.15, -0.1) is 0 Å². The van der Waals surface area contributed by atoms with E-state index in [2.05, 4.69) is 24.3 Å². The monoisotopic (exact) mass is 805 g/mol. The molecule has 0 aliphatic carbocycles. The highest BCUT2D eigenvalue weighted by Gasteiger charge is 2.32. The number of aromatic nitrogens is 3. The summed E-state index contributed by atoms with van der Waals surface area (Å²) in [6, 6.07) is 42.4. The summed E-state index contributed by atoms with van der Waals surface area (Å²) in [6.45, 7) is 0. The summed E-state index contributed by atoms with van der Waals surface area (Å²) >= 11 is 0. The highest BCUT2D eigenvalue weighted by Crippen LogP contribution is 2.62. The van der Waals surface area contributed by atoms with Crippen molar-refractivity contribution in [3.8, 4) is 108 Å². The lowest BCUT2D eigenvalue weighted by molar-refractivity contribution is 0.348. The first kappa shape index (κ1) is 36.6. The molecule has 9 N–H and O–H groups in total. The lowest BCUT2D eigenvalue weighted by Gasteiger charge is -2.20. The maximum absolute atomic E-state index is 11.9. The fraction of sp³-hybridized carbons (Fsp3) is 0. The number of nitrogens with zero attached hydrogens (tertiary/aromatic N) is 3. The number of aromatic hydroxyl groups is 9. The van der Waals surface area contributed by atoms with Crippen LogP contribution in [0.1, 0.15) is 0 Å². The number of fused-ring (bicyclic) bond motifs is 5. The number of hydrogen-bond donors (Lipinski definition) is 9. The van der Waals surface area contributed by atoms with Gasteiger partial charge in [-0.25, -0.2) is 15.0 Å². The molecule has 0 aliphatic rings. The average molecular weight is 806 g/mol. The summed E-state index contributed by atoms with van der Waals surface area (Å²) in [5.74, 6) is -8.91. The summed E-state index contributed by atoms with van der Waals surface area (Å²) in [6.07, 6.45) is 0. The van der Waals surface area contributed by atoms with Crippen LogP contribution < -0.4 is 0 Å². The number of rotatable bonds is 5. The van der Waals surface area contributed by atoms with Crippen LogP contribution in [0.5, 0.6) is 51.7 Å². The quantitative estimate of drug-likeness (QED) is 0.0451. The average Bonchev–Trinajstić information content (AvgIpc) is 3.30. The first-order chi connectivity index (χ1) is 29.5. The molecule has 0 radical (unpaired) electrons. The molecule has 0 bridgehead atoms. The van der Waals surface area contributed by atoms with Gasteiger partial charge in [0.2, 0.25) is 23.0 Å². The standard InChI is InChI=1S/C49H31N3O9/c53-38-33(34-35(40(55)44(59)43(58)39(34)54)36-37(38)42(57)46(61)45(60)41(36)56)29-11-6-12-30(22-29)47-50-48(31-17-13-24-9-4-5-10-25(24)20-31)52-49(51-47)32-18-16-27-19-26(14-15-28(27)21-32)23-7-2-1-3-8-23/h1-22,53-61H. The van der Waals surface area contributed by atoms with Gasteiger partial charge >= 0.3 is 0 Å². The first-order valence-electron chi connectivity index (χ1n) is 18.9. The molecule has 9 aromatic carbocycles. The second-order valence-electron chi connectivity index (χ2n) is 14.6. The van der Waals surface area contributed by atoms with Gasteiger partial charge in [-0.1, -0.05) is 109 Å². The molecule has 10 aromatic rings. The van der Waals surface area contributed by atoms with Gasteiger partial charge in [0.25, 0.3) is 0 Å². The fourth-order valence-corrected chi connectivity index (χ4v) is 7.98. The zero-order valence-corrected chi connectivity index (χ0v) is 31.6. The van der Waals surface area contributed by atoms with Gasteiger partial charge in [-0.3, -0.25) is 0 Å². The van der Waals surface area contributed by atoms with Crippen LogP contribution in [0.3, 0.4) is 0 Å². The molecule has 0 saturated carbocycles. The second kappa shape index (κ2) is 13.7. The molecule has 0 amide bonds. The minimum Gasteiger partial charge on any atom is -0.506 e. The molecule has 12 heteroatoms. The van der Waals surface area contributed by atoms with Crippen LogP contribution in [0.4, 0.5) is 0 Å². The summed E-state index contributed by atoms with van der Waals surface area (Å²) < 4.78 is 0. The Bertz CT molecular complexity index is 3480. The Morgan fingerprint density at radius 3 is 1.23 bits per heavy atom. The Morgan fingerprint density at radius 1 is 0.246 bits per heavy atom. The smallest absolute Gasteiger partial charge is 0.205 e. The van der Waals surface area contributed by atoms with Gasteiger partial charge in [0.05, 0.1) is 5.39 Å². The van der Waals surface area contributed by atoms with Crippen molar-refractivity contribution in [2.45, 2.75) is 0 Å². The molecule has 1 heterocycles. The highest BCUT2D eigenvalue weighted by atomic mass is 16.4. The van der Waals surface area contributed by atoms with Crippen molar-refractivity contribution in [3.05, 3.63) is 133 Å². The molecule has 1 aromatic heterocycles. The van der Waals surface area contributed by atoms with Crippen LogP contribution in [0.25, 0.3) is 99.5 Å². The Balaban J connectivity index is 1.20. The number of hydrogen-bond acceptors (Lipinski definition) is 12. The largest absolute Gasteiger partial charge is 0.506 e. The summed E-state index contributed by atoms with van der Waals surface area (Å²) in [4.78, 5) is 14.8. The highest BCUT2D eigenvalue weighted by molar-refractivity contribution is 6.26. The molecular weight excluding hydrogens is 775 g/mol. The number of phenols is 9. The predicted molar refractivity (Wildman–Crippen MR) is 232 cm³/mol. The molecule has 0 aliphatic heterocycles. The molecule has 0 spiro atoms. The summed E-state index contributed by atoms with van der Waals surface area (Å²) in [7, 11) is 0. The van der Waals surface area contributed by atoms with E-state index in [9.17, 15) is 46.0 Å². The van der Waals surface area contributed by atoms with Gasteiger partial charge in [0.15, 0.2) is 40.5 Å². The van der Waals surface area contributed by atoms with Crippen molar-refractivity contribution >= 4 is 43.1 Å². The van der Waals surface area contributed by atoms with Crippen LogP contribution in [0, 0.1) is 0 Å². The van der Waals surface area contributed by atoms with Gasteiger partial charge in [0, 0.05) is 38.4 Å². The Labute approximate surface area is 344 Å². The van der Waals surface area contributed by atoms with E-state index in [0.717, 1.165) is 32.7 Å². The zero-order chi connectivity index (χ0) is 42.3. The Hall–Kier alpha value is -8.77. The van der Waals surface area contributed by atoms with Crippen LogP contribution in [0.2, 0.25) is 0 Å². The van der Waals surface area contributed by atoms with Crippen molar-refractivity contribution in [1.82, 2.24) is 15.0 Å². The maximum atomic E-state index is 11.9. The third-order valence-corrected chi connectivity index (χ3v) is 11.0. The first-order valence-corrected chi connectivity index (χ1v) is 18.9. The summed E-state index contributed by atoms with van der Waals surface area (Å²) in [5.41, 5.74) is 3.77. The Kier molecular flexibility index (Phi) is 8.20. The van der Waals surface area contributed by atoms with Crippen LogP contribution in [0.15, 0.2) is 133 Å². The molecule has 10 rings (SSSR count). The van der Waals surface area contributed by atoms with Gasteiger partial charge in [-0.2, -0.15) is 0 Å². The van der Waals surface area contributed by atoms with Crippen molar-refractivity contribution in [2.75, 3.05) is 0 Å². The number of benzene rings is 9. The molecular formula is C49H31N3O9. The van der Waals surface area contributed by atoms with Crippen molar-refractivity contribution in [3.63, 3.8) is 0 Å². The van der Waals surface area contributed by atoms with Crippen LogP contribution in [-0.2, 0) is 0 Å². The van der Waals surface area contributed by atoms with E-state index >= 15 is 0 Å². The van der Waals surface area contributed by atoms with Crippen LogP contribution in [-0.4, -0.2) is 60.9 Å². The maximum Gasteiger partial charge on any atom is 0.205 e. The normalized spacial score (nSPS) is 11.5. The van der Waals surface area contributed by atoms with Gasteiger partial charge in [-0.05, 0) is 62.5 Å². The third-order valence-electron chi connectivity index (χ3n) is 11.0. The van der Waals surface area contributed by atoms with E-state index in [4.69, 9.17) is 15.0 Å². The minimum absolute atomic E-state index is 0.113. The number of phenolic OH excluding ortho intramolecular Hbond substituents is 9. The topological polar surface area (TPSA) is 221 Å². The summed E-state index contributed by atoms with van der Waals surface area (Å²) in [5, 5.41) is 100. The molecule has 0 fully saturated rings. The second-order valence-corrected chi connectivity index (χ2v) is 14.6. The minimum atomic E-state index is -1.21. The Morgan fingerprint density at radius 2 is 0.639 bits per heavy atom. The van der Waals surface area contributed by atoms with E-state index in [1.807, 2.05) is 84.9 Å². The van der Waals surface area contributed by atoms with E-state index in [-0.39, 0.29) is 17.0 Å². The van der Waals surface area contributed by atoms with Crippen molar-refractivity contribution in [1.29, 1.82) is 0 Å². The lowest BCUT2D eigenvalue weighted by Crippen LogP contribution is -2.00. The SMILES string of the molecule is Oc1c(O)c(O)c2c(c1O)c(O)c(-c1cccc(-c3nc(-c4ccc5ccccc5c4)nc(-c4ccc5cc(-c6ccccc6)ccc5c4)n3)c1)c1c(O)c(O)c(O)c(O)c12. The van der Waals surface area contributed by atoms with Gasteiger partial charge in [0.1, 0.15) is 5.75 Å². The van der Waals surface area contributed by atoms with E-state index in [0.29, 0.717) is 28.3 Å². The van der Waals surface area contributed by atoms with E-state index in [1.54, 1.807) is 18.2 Å². The van der Waals surface area contributed by atoms with Crippen LogP contribution >= 0.6 is 0 Å². The van der Waals surface area contributed by atoms with Crippen molar-refractivity contribution in [2.24, 2.45) is 0 Å². The lowest BCUT2D eigenvalue weighted by atomic mass is 9.88. The van der Waals surface area contributed by atoms with E-state index in [1.165, 1.54) is 6.07 Å². The molecule has 0 atom stereocenters. The van der Waals surface area contributed by atoms with Gasteiger partial charge < -0.3 is 46.0 Å². The fourth-order valence-electron chi connectivity index (χ4n) is 7.98. The predicted octanol–water partition coefficient (Wildman–Crippen LogP) is 10.2. The molecule has 0 unspecified atom stereocenters. The zero-order valence-electron chi connectivity index (χ0n) is 31.6.